The highest BCUT2D eigenvalue weighted by Crippen LogP contribution is 2.34. The summed E-state index contributed by atoms with van der Waals surface area (Å²) in [5.41, 5.74) is 1.97. The van der Waals surface area contributed by atoms with Gasteiger partial charge in [0.05, 0.1) is 14.2 Å². The van der Waals surface area contributed by atoms with E-state index in [0.717, 1.165) is 0 Å². The Labute approximate surface area is 344 Å². The highest BCUT2D eigenvalue weighted by molar-refractivity contribution is 5.98. The van der Waals surface area contributed by atoms with Crippen LogP contribution in [0.1, 0.15) is 43.4 Å². The maximum Gasteiger partial charge on any atom is 0.246 e. The number of nitrogens with zero attached hydrogens (tertiary/aromatic N) is 3. The number of aliphatic hydroxyl groups is 1. The molecule has 0 spiro atoms. The second-order valence-corrected chi connectivity index (χ2v) is 15.0. The van der Waals surface area contributed by atoms with Crippen LogP contribution in [0, 0.1) is 0 Å². The molecule has 59 heavy (non-hydrogen) atoms. The van der Waals surface area contributed by atoms with Gasteiger partial charge in [0.2, 0.25) is 35.4 Å². The number of carbonyl (C=O) groups is 6. The van der Waals surface area contributed by atoms with Gasteiger partial charge in [-0.15, -0.1) is 0 Å². The fourth-order valence-electron chi connectivity index (χ4n) is 7.22. The van der Waals surface area contributed by atoms with E-state index in [1.807, 2.05) is 0 Å². The van der Waals surface area contributed by atoms with Gasteiger partial charge in [0, 0.05) is 47.0 Å². The third kappa shape index (κ3) is 10.5. The van der Waals surface area contributed by atoms with Crippen LogP contribution < -0.4 is 30.2 Å². The Bertz CT molecular complexity index is 2010. The minimum atomic E-state index is -1.19. The molecular weight excluding hydrogens is 761 g/mol. The van der Waals surface area contributed by atoms with E-state index in [-0.39, 0.29) is 38.7 Å². The molecule has 16 heteroatoms. The van der Waals surface area contributed by atoms with E-state index in [0.29, 0.717) is 39.7 Å². The van der Waals surface area contributed by atoms with Gasteiger partial charge in [-0.3, -0.25) is 28.8 Å². The SMILES string of the molecule is COc1ccc(C[C@H]2C(=O)N[C@@H](C)C(=O)N(C)[C@H]3Cc4ccc(cc4)Oc4cc(ccc4OC)C[C@@H](C(=O)N[C@H](C)C(=O)N[C@@H](CCCO)C(=O)N2C)N(C)C3=O)cc1. The summed E-state index contributed by atoms with van der Waals surface area (Å²) in [5, 5.41) is 17.9. The molecule has 3 aliphatic rings. The first-order chi connectivity index (χ1) is 28.1. The molecule has 0 aromatic heterocycles. The normalized spacial score (nSPS) is 23.7. The number of fused-ring (bicyclic) bond motifs is 2. The second kappa shape index (κ2) is 19.5. The van der Waals surface area contributed by atoms with Crippen LogP contribution in [-0.2, 0) is 48.0 Å². The summed E-state index contributed by atoms with van der Waals surface area (Å²) in [4.78, 5) is 89.3. The molecule has 3 heterocycles. The zero-order valence-corrected chi connectivity index (χ0v) is 34.5. The minimum absolute atomic E-state index is 0.0187. The van der Waals surface area contributed by atoms with Crippen molar-refractivity contribution in [1.29, 1.82) is 0 Å². The largest absolute Gasteiger partial charge is 0.497 e. The summed E-state index contributed by atoms with van der Waals surface area (Å²) >= 11 is 0. The molecule has 0 saturated carbocycles. The number of aliphatic hydroxyl groups excluding tert-OH is 1. The lowest BCUT2D eigenvalue weighted by atomic mass is 9.98. The quantitative estimate of drug-likeness (QED) is 0.272. The van der Waals surface area contributed by atoms with Crippen molar-refractivity contribution in [3.8, 4) is 23.0 Å². The molecule has 6 amide bonds. The van der Waals surface area contributed by atoms with Crippen molar-refractivity contribution in [2.24, 2.45) is 0 Å². The van der Waals surface area contributed by atoms with Gasteiger partial charge in [0.15, 0.2) is 11.5 Å². The van der Waals surface area contributed by atoms with Crippen molar-refractivity contribution in [1.82, 2.24) is 30.7 Å². The monoisotopic (exact) mass is 814 g/mol. The van der Waals surface area contributed by atoms with E-state index in [1.165, 1.54) is 63.9 Å². The Kier molecular flexibility index (Phi) is 14.5. The molecule has 3 aromatic rings. The number of rotatable bonds is 7. The van der Waals surface area contributed by atoms with Crippen LogP contribution in [0.3, 0.4) is 0 Å². The summed E-state index contributed by atoms with van der Waals surface area (Å²) in [6, 6.07) is 12.0. The van der Waals surface area contributed by atoms with Gasteiger partial charge >= 0.3 is 0 Å². The smallest absolute Gasteiger partial charge is 0.246 e. The van der Waals surface area contributed by atoms with Crippen LogP contribution in [0.5, 0.6) is 23.0 Å². The predicted molar refractivity (Wildman–Crippen MR) is 217 cm³/mol. The molecule has 6 rings (SSSR count). The number of hydrogen-bond donors (Lipinski definition) is 4. The molecule has 6 atom stereocenters. The fourth-order valence-corrected chi connectivity index (χ4v) is 7.22. The van der Waals surface area contributed by atoms with Gasteiger partial charge in [-0.05, 0) is 79.8 Å². The first-order valence-electron chi connectivity index (χ1n) is 19.5. The van der Waals surface area contributed by atoms with Crippen molar-refractivity contribution >= 4 is 35.4 Å². The number of nitrogens with one attached hydrogen (secondary N) is 3. The Hall–Kier alpha value is -6.16. The van der Waals surface area contributed by atoms with Gasteiger partial charge in [-0.1, -0.05) is 30.3 Å². The van der Waals surface area contributed by atoms with E-state index in [2.05, 4.69) is 16.0 Å². The number of hydrogen-bond acceptors (Lipinski definition) is 10. The number of likely N-dealkylation sites (N-methyl/N-ethyl adjacent to an activating group) is 3. The van der Waals surface area contributed by atoms with Crippen LogP contribution in [-0.4, -0.2) is 133 Å². The average Bonchev–Trinajstić information content (AvgIpc) is 3.23. The molecule has 3 aliphatic heterocycles. The Balaban J connectivity index is 1.60. The Morgan fingerprint density at radius 2 is 1.31 bits per heavy atom. The van der Waals surface area contributed by atoms with Crippen LogP contribution in [0.25, 0.3) is 0 Å². The summed E-state index contributed by atoms with van der Waals surface area (Å²) < 4.78 is 17.0. The fraction of sp³-hybridized carbons (Fsp3) is 0.442. The topological polar surface area (TPSA) is 196 Å². The molecule has 0 radical (unpaired) electrons. The van der Waals surface area contributed by atoms with Gasteiger partial charge in [0.1, 0.15) is 47.8 Å². The number of amides is 6. The number of benzene rings is 3. The molecule has 316 valence electrons. The van der Waals surface area contributed by atoms with Crippen LogP contribution in [0.2, 0.25) is 0 Å². The van der Waals surface area contributed by atoms with Gasteiger partial charge < -0.3 is 50.0 Å². The lowest BCUT2D eigenvalue weighted by Crippen LogP contribution is -2.62. The number of methoxy groups -OCH3 is 2. The lowest BCUT2D eigenvalue weighted by molar-refractivity contribution is -0.149. The molecule has 1 fully saturated rings. The van der Waals surface area contributed by atoms with Crippen molar-refractivity contribution < 1.29 is 48.1 Å². The first-order valence-corrected chi connectivity index (χ1v) is 19.5. The van der Waals surface area contributed by atoms with Crippen LogP contribution in [0.15, 0.2) is 66.7 Å². The Morgan fingerprint density at radius 1 is 0.678 bits per heavy atom. The zero-order valence-electron chi connectivity index (χ0n) is 34.5. The molecule has 0 unspecified atom stereocenters. The summed E-state index contributed by atoms with van der Waals surface area (Å²) in [5.74, 6) is -1.88. The number of carbonyl (C=O) groups excluding carboxylic acids is 6. The lowest BCUT2D eigenvalue weighted by Gasteiger charge is -2.37. The molecule has 6 bridgehead atoms. The van der Waals surface area contributed by atoms with E-state index in [1.54, 1.807) is 66.7 Å². The average molecular weight is 815 g/mol. The number of ether oxygens (including phenoxy) is 3. The summed E-state index contributed by atoms with van der Waals surface area (Å²) in [6.07, 6.45) is 0.223. The van der Waals surface area contributed by atoms with E-state index in [9.17, 15) is 33.9 Å². The molecule has 16 nitrogen and oxygen atoms in total. The highest BCUT2D eigenvalue weighted by atomic mass is 16.5. The van der Waals surface area contributed by atoms with E-state index in [4.69, 9.17) is 14.2 Å². The molecule has 0 aliphatic carbocycles. The second-order valence-electron chi connectivity index (χ2n) is 15.0. The summed E-state index contributed by atoms with van der Waals surface area (Å²) in [6.45, 7) is 2.67. The van der Waals surface area contributed by atoms with Gasteiger partial charge in [-0.25, -0.2) is 0 Å². The third-order valence-corrected chi connectivity index (χ3v) is 10.9. The van der Waals surface area contributed by atoms with Crippen molar-refractivity contribution in [3.63, 3.8) is 0 Å². The molecule has 3 aromatic carbocycles. The third-order valence-electron chi connectivity index (χ3n) is 10.9. The minimum Gasteiger partial charge on any atom is -0.497 e. The van der Waals surface area contributed by atoms with E-state index >= 15 is 0 Å². The molecule has 4 N–H and O–H groups in total. The maximum absolute atomic E-state index is 14.7. The van der Waals surface area contributed by atoms with Crippen LogP contribution in [0.4, 0.5) is 0 Å². The standard InChI is InChI=1S/C43H54N6O10/c1-25-38(51)46-32(9-8-20-50)42(55)47(3)33(21-27-10-15-30(57-6)16-11-27)40(53)45-26(2)41(54)49(5)35-22-28-12-17-31(18-13-28)59-37-24-29(14-19-36(37)58-7)23-34(39(52)44-25)48(4)43(35)56/h10-19,24-26,32-35,50H,8-9,20-23H2,1-7H3,(H,44,52)(H,45,53)(H,46,51)/t25-,26+,32+,33+,34+,35+/m1/s1. The maximum atomic E-state index is 14.7. The highest BCUT2D eigenvalue weighted by Gasteiger charge is 2.39. The predicted octanol–water partition coefficient (Wildman–Crippen LogP) is 1.60. The van der Waals surface area contributed by atoms with Crippen molar-refractivity contribution in [2.45, 2.75) is 82.2 Å². The van der Waals surface area contributed by atoms with Crippen LogP contribution >= 0.6 is 0 Å². The first kappa shape index (κ1) is 44.0. The van der Waals surface area contributed by atoms with Crippen molar-refractivity contribution in [2.75, 3.05) is 42.0 Å². The van der Waals surface area contributed by atoms with Gasteiger partial charge in [-0.2, -0.15) is 0 Å². The molecule has 1 saturated heterocycles. The summed E-state index contributed by atoms with van der Waals surface area (Å²) in [7, 11) is 7.39. The van der Waals surface area contributed by atoms with Gasteiger partial charge in [0.25, 0.3) is 0 Å². The van der Waals surface area contributed by atoms with E-state index < -0.39 is 71.7 Å². The zero-order chi connectivity index (χ0) is 43.0. The van der Waals surface area contributed by atoms with Crippen molar-refractivity contribution in [3.05, 3.63) is 83.4 Å². The molecular formula is C43H54N6O10. The Morgan fingerprint density at radius 3 is 1.95 bits per heavy atom.